The summed E-state index contributed by atoms with van der Waals surface area (Å²) in [7, 11) is 0. The first-order valence-electron chi connectivity index (χ1n) is 6.84. The number of aromatic nitrogens is 2. The van der Waals surface area contributed by atoms with Crippen LogP contribution in [0.4, 0.5) is 10.9 Å². The highest BCUT2D eigenvalue weighted by molar-refractivity contribution is 7.18. The number of nitrogens with one attached hydrogen (secondary N) is 2. The normalized spacial score (nSPS) is 14.7. The van der Waals surface area contributed by atoms with Gasteiger partial charge in [0.1, 0.15) is 10.7 Å². The Balaban J connectivity index is 1.60. The van der Waals surface area contributed by atoms with Crippen LogP contribution < -0.4 is 16.4 Å². The monoisotopic (exact) mass is 323 g/mol. The van der Waals surface area contributed by atoms with E-state index < -0.39 is 0 Å². The van der Waals surface area contributed by atoms with Gasteiger partial charge in [-0.25, -0.2) is 9.97 Å². The molecule has 0 radical (unpaired) electrons. The number of nitrogens with zero attached hydrogens (tertiary/aromatic N) is 2. The molecular formula is C13H17N5OS2. The van der Waals surface area contributed by atoms with Crippen LogP contribution in [0.5, 0.6) is 0 Å². The Hall–Kier alpha value is -1.67. The Morgan fingerprint density at radius 1 is 1.48 bits per heavy atom. The van der Waals surface area contributed by atoms with Gasteiger partial charge in [-0.3, -0.25) is 4.79 Å². The molecule has 0 atom stereocenters. The molecule has 1 saturated carbocycles. The molecule has 8 heteroatoms. The summed E-state index contributed by atoms with van der Waals surface area (Å²) in [5.74, 6) is 0.109. The fourth-order valence-corrected chi connectivity index (χ4v) is 3.63. The SMILES string of the molecule is Cc1ncc(CNC(=O)c2sc(NC3CCC3)nc2N)s1. The molecule has 0 aliphatic heterocycles. The topological polar surface area (TPSA) is 92.9 Å². The maximum Gasteiger partial charge on any atom is 0.265 e. The summed E-state index contributed by atoms with van der Waals surface area (Å²) in [5, 5.41) is 7.89. The minimum atomic E-state index is -0.183. The first kappa shape index (κ1) is 14.3. The number of carbonyl (C=O) groups is 1. The molecule has 1 aliphatic rings. The van der Waals surface area contributed by atoms with Gasteiger partial charge in [-0.1, -0.05) is 11.3 Å². The molecule has 0 aromatic carbocycles. The van der Waals surface area contributed by atoms with Crippen molar-refractivity contribution in [3.8, 4) is 0 Å². The Labute approximate surface area is 130 Å². The molecule has 0 saturated heterocycles. The van der Waals surface area contributed by atoms with Gasteiger partial charge < -0.3 is 16.4 Å². The van der Waals surface area contributed by atoms with E-state index in [1.807, 2.05) is 6.92 Å². The molecule has 1 amide bonds. The van der Waals surface area contributed by atoms with E-state index in [-0.39, 0.29) is 5.91 Å². The van der Waals surface area contributed by atoms with E-state index in [0.717, 1.165) is 27.9 Å². The van der Waals surface area contributed by atoms with Crippen molar-refractivity contribution in [3.05, 3.63) is 21.0 Å². The van der Waals surface area contributed by atoms with Crippen molar-refractivity contribution in [2.24, 2.45) is 0 Å². The minimum absolute atomic E-state index is 0.183. The second kappa shape index (κ2) is 5.98. The summed E-state index contributed by atoms with van der Waals surface area (Å²) in [4.78, 5) is 22.0. The molecule has 0 spiro atoms. The molecule has 4 N–H and O–H groups in total. The second-order valence-electron chi connectivity index (χ2n) is 5.03. The van der Waals surface area contributed by atoms with Gasteiger partial charge in [0.15, 0.2) is 5.13 Å². The quantitative estimate of drug-likeness (QED) is 0.785. The van der Waals surface area contributed by atoms with Crippen molar-refractivity contribution in [1.29, 1.82) is 0 Å². The van der Waals surface area contributed by atoms with E-state index in [4.69, 9.17) is 5.73 Å². The summed E-state index contributed by atoms with van der Waals surface area (Å²) in [6.45, 7) is 2.41. The van der Waals surface area contributed by atoms with Gasteiger partial charge in [-0.05, 0) is 26.2 Å². The predicted molar refractivity (Wildman–Crippen MR) is 85.8 cm³/mol. The van der Waals surface area contributed by atoms with Crippen LogP contribution in [0, 0.1) is 6.92 Å². The highest BCUT2D eigenvalue weighted by Gasteiger charge is 2.21. The third-order valence-corrected chi connectivity index (χ3v) is 5.30. The van der Waals surface area contributed by atoms with Crippen molar-refractivity contribution in [2.75, 3.05) is 11.1 Å². The Morgan fingerprint density at radius 3 is 2.90 bits per heavy atom. The minimum Gasteiger partial charge on any atom is -0.382 e. The number of rotatable bonds is 5. The van der Waals surface area contributed by atoms with Crippen LogP contribution in [0.2, 0.25) is 0 Å². The van der Waals surface area contributed by atoms with E-state index in [1.54, 1.807) is 17.5 Å². The van der Waals surface area contributed by atoms with Gasteiger partial charge in [0.2, 0.25) is 0 Å². The summed E-state index contributed by atoms with van der Waals surface area (Å²) >= 11 is 2.89. The molecule has 21 heavy (non-hydrogen) atoms. The fraction of sp³-hybridized carbons (Fsp3) is 0.462. The summed E-state index contributed by atoms with van der Waals surface area (Å²) in [6.07, 6.45) is 5.34. The number of hydrogen-bond donors (Lipinski definition) is 3. The Kier molecular flexibility index (Phi) is 4.07. The number of anilines is 2. The standard InChI is InChI=1S/C13H17N5OS2/c1-7-15-5-9(20-7)6-16-12(19)10-11(14)18-13(21-10)17-8-3-2-4-8/h5,8H,2-4,6,14H2,1H3,(H,16,19)(H,17,18). The Morgan fingerprint density at radius 2 is 2.29 bits per heavy atom. The zero-order valence-electron chi connectivity index (χ0n) is 11.7. The van der Waals surface area contributed by atoms with Crippen LogP contribution in [0.15, 0.2) is 6.20 Å². The van der Waals surface area contributed by atoms with Gasteiger partial charge in [0.25, 0.3) is 5.91 Å². The lowest BCUT2D eigenvalue weighted by molar-refractivity contribution is 0.0956. The van der Waals surface area contributed by atoms with Crippen molar-refractivity contribution in [3.63, 3.8) is 0 Å². The maximum absolute atomic E-state index is 12.2. The molecule has 3 rings (SSSR count). The number of thiazole rings is 2. The largest absolute Gasteiger partial charge is 0.382 e. The van der Waals surface area contributed by atoms with Gasteiger partial charge in [-0.15, -0.1) is 11.3 Å². The molecule has 2 aromatic heterocycles. The van der Waals surface area contributed by atoms with Crippen molar-refractivity contribution in [2.45, 2.75) is 38.8 Å². The third-order valence-electron chi connectivity index (χ3n) is 3.38. The number of carbonyl (C=O) groups excluding carboxylic acids is 1. The highest BCUT2D eigenvalue weighted by atomic mass is 32.1. The molecule has 0 bridgehead atoms. The number of hydrogen-bond acceptors (Lipinski definition) is 7. The van der Waals surface area contributed by atoms with Gasteiger partial charge in [-0.2, -0.15) is 0 Å². The van der Waals surface area contributed by atoms with Crippen LogP contribution in [-0.2, 0) is 6.54 Å². The maximum atomic E-state index is 12.2. The first-order chi connectivity index (χ1) is 10.1. The lowest BCUT2D eigenvalue weighted by atomic mass is 9.93. The van der Waals surface area contributed by atoms with Crippen LogP contribution >= 0.6 is 22.7 Å². The van der Waals surface area contributed by atoms with E-state index >= 15 is 0 Å². The molecule has 2 heterocycles. The smallest absolute Gasteiger partial charge is 0.265 e. The molecule has 1 aliphatic carbocycles. The van der Waals surface area contributed by atoms with Crippen LogP contribution in [-0.4, -0.2) is 21.9 Å². The fourth-order valence-electron chi connectivity index (χ4n) is 2.02. The highest BCUT2D eigenvalue weighted by Crippen LogP contribution is 2.29. The molecule has 1 fully saturated rings. The Bertz CT molecular complexity index is 647. The van der Waals surface area contributed by atoms with Gasteiger partial charge in [0, 0.05) is 17.1 Å². The third kappa shape index (κ3) is 3.33. The average molecular weight is 323 g/mol. The molecule has 0 unspecified atom stereocenters. The van der Waals surface area contributed by atoms with Gasteiger partial charge >= 0.3 is 0 Å². The van der Waals surface area contributed by atoms with Crippen molar-refractivity contribution in [1.82, 2.24) is 15.3 Å². The summed E-state index contributed by atoms with van der Waals surface area (Å²) in [6, 6.07) is 0.478. The zero-order valence-corrected chi connectivity index (χ0v) is 13.3. The van der Waals surface area contributed by atoms with Crippen LogP contribution in [0.3, 0.4) is 0 Å². The first-order valence-corrected chi connectivity index (χ1v) is 8.47. The number of nitrogen functional groups attached to an aromatic ring is 1. The molecule has 112 valence electrons. The van der Waals surface area contributed by atoms with Crippen LogP contribution in [0.1, 0.15) is 38.8 Å². The lowest BCUT2D eigenvalue weighted by Crippen LogP contribution is -2.26. The number of nitrogens with two attached hydrogens (primary N) is 1. The number of aryl methyl sites for hydroxylation is 1. The van der Waals surface area contributed by atoms with E-state index in [9.17, 15) is 4.79 Å². The second-order valence-corrected chi connectivity index (χ2v) is 7.35. The summed E-state index contributed by atoms with van der Waals surface area (Å²) in [5.41, 5.74) is 5.84. The van der Waals surface area contributed by atoms with E-state index in [1.165, 1.54) is 17.8 Å². The summed E-state index contributed by atoms with van der Waals surface area (Å²) < 4.78 is 0. The molecular weight excluding hydrogens is 306 g/mol. The van der Waals surface area contributed by atoms with Crippen LogP contribution in [0.25, 0.3) is 0 Å². The van der Waals surface area contributed by atoms with Crippen molar-refractivity contribution < 1.29 is 4.79 Å². The number of amides is 1. The zero-order chi connectivity index (χ0) is 14.8. The molecule has 6 nitrogen and oxygen atoms in total. The lowest BCUT2D eigenvalue weighted by Gasteiger charge is -2.25. The van der Waals surface area contributed by atoms with E-state index in [0.29, 0.717) is 23.3 Å². The predicted octanol–water partition coefficient (Wildman–Crippen LogP) is 2.38. The molecule has 2 aromatic rings. The van der Waals surface area contributed by atoms with E-state index in [2.05, 4.69) is 20.6 Å². The van der Waals surface area contributed by atoms with Crippen molar-refractivity contribution >= 4 is 39.5 Å². The average Bonchev–Trinajstić information content (AvgIpc) is 2.97. The van der Waals surface area contributed by atoms with Gasteiger partial charge in [0.05, 0.1) is 11.6 Å².